The molecule has 1 aliphatic heterocycles. The summed E-state index contributed by atoms with van der Waals surface area (Å²) < 4.78 is 6.01. The molecule has 1 fully saturated rings. The minimum Gasteiger partial charge on any atom is -0.374 e. The van der Waals surface area contributed by atoms with Crippen LogP contribution in [0.1, 0.15) is 48.5 Å². The molecule has 2 heteroatoms. The molecule has 3 rings (SSSR count). The minimum atomic E-state index is 0.351. The number of likely N-dealkylation sites (N-methyl/N-ethyl adjacent to an activating group) is 1. The quantitative estimate of drug-likeness (QED) is 0.807. The van der Waals surface area contributed by atoms with Crippen molar-refractivity contribution in [2.24, 2.45) is 0 Å². The van der Waals surface area contributed by atoms with Crippen molar-refractivity contribution in [2.75, 3.05) is 20.7 Å². The summed E-state index contributed by atoms with van der Waals surface area (Å²) in [4.78, 5) is 2.38. The van der Waals surface area contributed by atoms with Gasteiger partial charge in [-0.1, -0.05) is 18.2 Å². The zero-order valence-electron chi connectivity index (χ0n) is 12.2. The fourth-order valence-corrected chi connectivity index (χ4v) is 3.53. The molecule has 2 nitrogen and oxygen atoms in total. The number of aryl methyl sites for hydroxylation is 1. The van der Waals surface area contributed by atoms with Crippen LogP contribution < -0.4 is 0 Å². The van der Waals surface area contributed by atoms with Gasteiger partial charge >= 0.3 is 0 Å². The predicted molar refractivity (Wildman–Crippen MR) is 78.5 cm³/mol. The van der Waals surface area contributed by atoms with Crippen LogP contribution in [0.3, 0.4) is 0 Å². The third kappa shape index (κ3) is 2.70. The molecule has 2 aliphatic rings. The van der Waals surface area contributed by atoms with Crippen molar-refractivity contribution in [1.82, 2.24) is 4.90 Å². The lowest BCUT2D eigenvalue weighted by Crippen LogP contribution is -2.34. The summed E-state index contributed by atoms with van der Waals surface area (Å²) in [6, 6.07) is 7.53. The maximum absolute atomic E-state index is 6.01. The first-order valence-corrected chi connectivity index (χ1v) is 7.64. The van der Waals surface area contributed by atoms with E-state index in [9.17, 15) is 0 Å². The number of hydrogen-bond acceptors (Lipinski definition) is 2. The number of nitrogens with zero attached hydrogens (tertiary/aromatic N) is 1. The summed E-state index contributed by atoms with van der Waals surface area (Å²) in [5, 5.41) is 0. The van der Waals surface area contributed by atoms with Crippen molar-refractivity contribution in [3.63, 3.8) is 0 Å². The zero-order valence-corrected chi connectivity index (χ0v) is 12.2. The molecule has 0 unspecified atom stereocenters. The third-order valence-electron chi connectivity index (χ3n) is 4.75. The van der Waals surface area contributed by atoms with Crippen LogP contribution >= 0.6 is 0 Å². The molecule has 0 amide bonds. The Morgan fingerprint density at radius 2 is 2.05 bits per heavy atom. The molecule has 0 spiro atoms. The average molecular weight is 259 g/mol. The molecule has 1 aromatic rings. The van der Waals surface area contributed by atoms with Gasteiger partial charge in [0.15, 0.2) is 0 Å². The summed E-state index contributed by atoms with van der Waals surface area (Å²) in [5.41, 5.74) is 4.62. The van der Waals surface area contributed by atoms with E-state index in [0.717, 1.165) is 6.61 Å². The van der Waals surface area contributed by atoms with Crippen LogP contribution in [0.25, 0.3) is 0 Å². The summed E-state index contributed by atoms with van der Waals surface area (Å²) in [5.74, 6) is 0. The molecule has 0 radical (unpaired) electrons. The van der Waals surface area contributed by atoms with Crippen LogP contribution in [0, 0.1) is 0 Å². The highest BCUT2D eigenvalue weighted by atomic mass is 16.5. The van der Waals surface area contributed by atoms with Crippen LogP contribution in [0.2, 0.25) is 0 Å². The largest absolute Gasteiger partial charge is 0.374 e. The van der Waals surface area contributed by atoms with Crippen molar-refractivity contribution in [2.45, 2.75) is 50.7 Å². The number of fused-ring (bicyclic) bond motifs is 1. The second-order valence-electron chi connectivity index (χ2n) is 6.20. The van der Waals surface area contributed by atoms with Crippen LogP contribution in [0.4, 0.5) is 0 Å². The Kier molecular flexibility index (Phi) is 3.90. The molecule has 0 aromatic heterocycles. The van der Waals surface area contributed by atoms with Crippen molar-refractivity contribution in [1.29, 1.82) is 0 Å². The lowest BCUT2D eigenvalue weighted by molar-refractivity contribution is 0.0141. The second kappa shape index (κ2) is 5.64. The van der Waals surface area contributed by atoms with Gasteiger partial charge in [-0.05, 0) is 69.3 Å². The summed E-state index contributed by atoms with van der Waals surface area (Å²) in [6.45, 7) is 0.936. The van der Waals surface area contributed by atoms with Gasteiger partial charge in [-0.2, -0.15) is 0 Å². The molecule has 0 N–H and O–H groups in total. The van der Waals surface area contributed by atoms with Crippen molar-refractivity contribution in [3.8, 4) is 0 Å². The lowest BCUT2D eigenvalue weighted by atomic mass is 9.82. The van der Waals surface area contributed by atoms with Gasteiger partial charge in [0.1, 0.15) is 0 Å². The fraction of sp³-hybridized carbons (Fsp3) is 0.647. The Morgan fingerprint density at radius 3 is 2.79 bits per heavy atom. The monoisotopic (exact) mass is 259 g/mol. The Morgan fingerprint density at radius 1 is 1.16 bits per heavy atom. The van der Waals surface area contributed by atoms with E-state index in [1.54, 1.807) is 11.1 Å². The van der Waals surface area contributed by atoms with Crippen LogP contribution in [0.15, 0.2) is 18.2 Å². The highest BCUT2D eigenvalue weighted by Crippen LogP contribution is 2.35. The fourth-order valence-electron chi connectivity index (χ4n) is 3.53. The molecule has 104 valence electrons. The first-order valence-electron chi connectivity index (χ1n) is 7.64. The summed E-state index contributed by atoms with van der Waals surface area (Å²) >= 11 is 0. The molecule has 19 heavy (non-hydrogen) atoms. The van der Waals surface area contributed by atoms with Crippen molar-refractivity contribution >= 4 is 0 Å². The Labute approximate surface area is 116 Å². The van der Waals surface area contributed by atoms with Crippen LogP contribution in [-0.2, 0) is 17.6 Å². The van der Waals surface area contributed by atoms with Crippen molar-refractivity contribution in [3.05, 3.63) is 34.9 Å². The summed E-state index contributed by atoms with van der Waals surface area (Å²) in [7, 11) is 4.41. The minimum absolute atomic E-state index is 0.351. The van der Waals surface area contributed by atoms with Crippen molar-refractivity contribution < 1.29 is 4.74 Å². The molecule has 1 saturated heterocycles. The Balaban J connectivity index is 1.89. The number of benzene rings is 1. The van der Waals surface area contributed by atoms with Gasteiger partial charge in [0, 0.05) is 12.6 Å². The van der Waals surface area contributed by atoms with Crippen LogP contribution in [-0.4, -0.2) is 31.6 Å². The first-order chi connectivity index (χ1) is 9.25. The molecular weight excluding hydrogens is 234 g/mol. The highest BCUT2D eigenvalue weighted by Gasteiger charge is 2.26. The molecule has 0 bridgehead atoms. The van der Waals surface area contributed by atoms with Gasteiger partial charge in [0.25, 0.3) is 0 Å². The van der Waals surface area contributed by atoms with Gasteiger partial charge in [-0.25, -0.2) is 0 Å². The number of hydrogen-bond donors (Lipinski definition) is 0. The molecule has 0 saturated carbocycles. The number of ether oxygens (including phenoxy) is 1. The van der Waals surface area contributed by atoms with E-state index in [1.165, 1.54) is 44.1 Å². The third-order valence-corrected chi connectivity index (χ3v) is 4.75. The summed E-state index contributed by atoms with van der Waals surface area (Å²) in [6.07, 6.45) is 7.79. The maximum atomic E-state index is 6.01. The highest BCUT2D eigenvalue weighted by molar-refractivity contribution is 5.39. The SMILES string of the molecule is CN(C)[C@@H]1CCc2cccc([C@H]3CCCCO3)c2C1. The normalized spacial score (nSPS) is 27.3. The van der Waals surface area contributed by atoms with Gasteiger partial charge in [0.2, 0.25) is 0 Å². The van der Waals surface area contributed by atoms with Gasteiger partial charge in [-0.15, -0.1) is 0 Å². The molecule has 1 heterocycles. The van der Waals surface area contributed by atoms with E-state index >= 15 is 0 Å². The molecular formula is C17H25NO. The van der Waals surface area contributed by atoms with Crippen LogP contribution in [0.5, 0.6) is 0 Å². The topological polar surface area (TPSA) is 12.5 Å². The van der Waals surface area contributed by atoms with E-state index in [0.29, 0.717) is 12.1 Å². The van der Waals surface area contributed by atoms with E-state index < -0.39 is 0 Å². The average Bonchev–Trinajstić information content (AvgIpc) is 2.47. The Hall–Kier alpha value is -0.860. The zero-order chi connectivity index (χ0) is 13.2. The molecule has 1 aromatic carbocycles. The maximum Gasteiger partial charge on any atom is 0.0827 e. The lowest BCUT2D eigenvalue weighted by Gasteiger charge is -2.33. The first kappa shape index (κ1) is 13.1. The predicted octanol–water partition coefficient (Wildman–Crippen LogP) is 3.35. The van der Waals surface area contributed by atoms with E-state index in [2.05, 4.69) is 37.2 Å². The second-order valence-corrected chi connectivity index (χ2v) is 6.20. The van der Waals surface area contributed by atoms with E-state index in [-0.39, 0.29) is 0 Å². The smallest absolute Gasteiger partial charge is 0.0827 e. The van der Waals surface area contributed by atoms with E-state index in [1.807, 2.05) is 0 Å². The number of rotatable bonds is 2. The van der Waals surface area contributed by atoms with Gasteiger partial charge in [-0.3, -0.25) is 0 Å². The molecule has 2 atom stereocenters. The van der Waals surface area contributed by atoms with E-state index in [4.69, 9.17) is 4.74 Å². The molecule has 1 aliphatic carbocycles. The van der Waals surface area contributed by atoms with Gasteiger partial charge < -0.3 is 9.64 Å². The Bertz CT molecular complexity index is 435. The standard InChI is InChI=1S/C17H25NO/c1-18(2)14-10-9-13-6-5-7-15(16(13)12-14)17-8-3-4-11-19-17/h5-7,14,17H,3-4,8-12H2,1-2H3/t14-,17-/m1/s1. The van der Waals surface area contributed by atoms with Gasteiger partial charge in [0.05, 0.1) is 6.10 Å².